The monoisotopic (exact) mass is 325 g/mol. The van der Waals surface area contributed by atoms with Gasteiger partial charge < -0.3 is 14.4 Å². The third kappa shape index (κ3) is 3.03. The van der Waals surface area contributed by atoms with Crippen molar-refractivity contribution in [3.8, 4) is 0 Å². The van der Waals surface area contributed by atoms with E-state index < -0.39 is 5.60 Å². The number of rotatable bonds is 1. The number of hydrogen-bond acceptors (Lipinski definition) is 5. The molecule has 1 spiro atoms. The molecule has 7 heteroatoms. The second-order valence-electron chi connectivity index (χ2n) is 6.76. The standard InChI is InChI=1S/C15H20ClN3O3/c1-14(2,3)22-13(20)19-8-4-15(5-9-19)11(21-15)10-12(16)18-7-6-17-10/h6-7,11H,4-5,8-9H2,1-3H3. The number of likely N-dealkylation sites (tertiary alicyclic amines) is 1. The highest BCUT2D eigenvalue weighted by Gasteiger charge is 2.60. The number of hydrogen-bond donors (Lipinski definition) is 0. The maximum Gasteiger partial charge on any atom is 0.410 e. The SMILES string of the molecule is CC(C)(C)OC(=O)N1CCC2(CC1)OC2c1nccnc1Cl. The number of halogens is 1. The van der Waals surface area contributed by atoms with Crippen LogP contribution in [0.3, 0.4) is 0 Å². The van der Waals surface area contributed by atoms with Crippen LogP contribution in [0.25, 0.3) is 0 Å². The predicted molar refractivity (Wildman–Crippen MR) is 80.6 cm³/mol. The van der Waals surface area contributed by atoms with Gasteiger partial charge >= 0.3 is 6.09 Å². The Balaban J connectivity index is 1.59. The summed E-state index contributed by atoms with van der Waals surface area (Å²) in [6, 6.07) is 0. The Hall–Kier alpha value is -1.40. The summed E-state index contributed by atoms with van der Waals surface area (Å²) < 4.78 is 11.3. The van der Waals surface area contributed by atoms with Gasteiger partial charge in [0.1, 0.15) is 23.0 Å². The van der Waals surface area contributed by atoms with Crippen LogP contribution >= 0.6 is 11.6 Å². The molecule has 1 atom stereocenters. The van der Waals surface area contributed by atoms with E-state index in [0.29, 0.717) is 23.9 Å². The van der Waals surface area contributed by atoms with E-state index >= 15 is 0 Å². The summed E-state index contributed by atoms with van der Waals surface area (Å²) in [4.78, 5) is 22.1. The van der Waals surface area contributed by atoms with Crippen LogP contribution in [0.2, 0.25) is 5.15 Å². The largest absolute Gasteiger partial charge is 0.444 e. The van der Waals surface area contributed by atoms with Crippen molar-refractivity contribution in [1.82, 2.24) is 14.9 Å². The molecule has 0 aromatic carbocycles. The lowest BCUT2D eigenvalue weighted by Gasteiger charge is -2.32. The third-order valence-electron chi connectivity index (χ3n) is 3.96. The maximum atomic E-state index is 12.1. The molecule has 1 aromatic rings. The lowest BCUT2D eigenvalue weighted by Crippen LogP contribution is -2.44. The van der Waals surface area contributed by atoms with E-state index in [0.717, 1.165) is 12.8 Å². The summed E-state index contributed by atoms with van der Waals surface area (Å²) in [5, 5.41) is 0.388. The molecule has 1 unspecified atom stereocenters. The Morgan fingerprint density at radius 3 is 2.59 bits per heavy atom. The minimum atomic E-state index is -0.474. The molecule has 6 nitrogen and oxygen atoms in total. The first-order chi connectivity index (χ1) is 10.3. The number of amides is 1. The first kappa shape index (κ1) is 15.5. The molecular weight excluding hydrogens is 306 g/mol. The summed E-state index contributed by atoms with van der Waals surface area (Å²) in [7, 11) is 0. The van der Waals surface area contributed by atoms with Crippen molar-refractivity contribution in [2.45, 2.75) is 50.9 Å². The Bertz CT molecular complexity index is 580. The van der Waals surface area contributed by atoms with Gasteiger partial charge in [-0.05, 0) is 33.6 Å². The predicted octanol–water partition coefficient (Wildman–Crippen LogP) is 2.97. The van der Waals surface area contributed by atoms with Crippen molar-refractivity contribution in [2.24, 2.45) is 0 Å². The molecule has 2 aliphatic heterocycles. The molecule has 3 rings (SSSR count). The van der Waals surface area contributed by atoms with Crippen molar-refractivity contribution >= 4 is 17.7 Å². The Morgan fingerprint density at radius 1 is 1.36 bits per heavy atom. The molecule has 0 N–H and O–H groups in total. The number of carbonyl (C=O) groups is 1. The number of piperidine rings is 1. The normalized spacial score (nSPS) is 23.5. The van der Waals surface area contributed by atoms with Crippen LogP contribution in [0.15, 0.2) is 12.4 Å². The molecular formula is C15H20ClN3O3. The Labute approximate surface area is 134 Å². The zero-order chi connectivity index (χ0) is 16.0. The number of ether oxygens (including phenoxy) is 2. The first-order valence-electron chi connectivity index (χ1n) is 7.43. The molecule has 2 aliphatic rings. The van der Waals surface area contributed by atoms with Crippen molar-refractivity contribution in [3.63, 3.8) is 0 Å². The van der Waals surface area contributed by atoms with Gasteiger partial charge in [0.2, 0.25) is 0 Å². The van der Waals surface area contributed by atoms with Gasteiger partial charge in [-0.25, -0.2) is 9.78 Å². The summed E-state index contributed by atoms with van der Waals surface area (Å²) in [5.74, 6) is 0. The van der Waals surface area contributed by atoms with Crippen LogP contribution in [-0.2, 0) is 9.47 Å². The van der Waals surface area contributed by atoms with Gasteiger partial charge in [-0.15, -0.1) is 0 Å². The molecule has 2 saturated heterocycles. The molecule has 1 amide bonds. The fourth-order valence-corrected chi connectivity index (χ4v) is 2.99. The van der Waals surface area contributed by atoms with Gasteiger partial charge in [-0.2, -0.15) is 0 Å². The highest BCUT2D eigenvalue weighted by Crippen LogP contribution is 2.56. The van der Waals surface area contributed by atoms with Crippen molar-refractivity contribution in [1.29, 1.82) is 0 Å². The number of nitrogens with zero attached hydrogens (tertiary/aromatic N) is 3. The lowest BCUT2D eigenvalue weighted by molar-refractivity contribution is 0.0165. The molecule has 1 aromatic heterocycles. The van der Waals surface area contributed by atoms with Crippen LogP contribution in [0.1, 0.15) is 45.4 Å². The van der Waals surface area contributed by atoms with Gasteiger partial charge in [-0.3, -0.25) is 4.98 Å². The lowest BCUT2D eigenvalue weighted by atomic mass is 9.92. The molecule has 0 aliphatic carbocycles. The van der Waals surface area contributed by atoms with Crippen LogP contribution in [0.4, 0.5) is 4.79 Å². The highest BCUT2D eigenvalue weighted by molar-refractivity contribution is 6.30. The van der Waals surface area contributed by atoms with E-state index in [9.17, 15) is 4.79 Å². The molecule has 3 heterocycles. The number of epoxide rings is 1. The van der Waals surface area contributed by atoms with E-state index in [1.807, 2.05) is 20.8 Å². The average molecular weight is 326 g/mol. The minimum Gasteiger partial charge on any atom is -0.444 e. The zero-order valence-electron chi connectivity index (χ0n) is 13.0. The smallest absolute Gasteiger partial charge is 0.410 e. The van der Waals surface area contributed by atoms with Gasteiger partial charge in [0.15, 0.2) is 5.15 Å². The van der Waals surface area contributed by atoms with Crippen molar-refractivity contribution < 1.29 is 14.3 Å². The fourth-order valence-electron chi connectivity index (χ4n) is 2.79. The van der Waals surface area contributed by atoms with Crippen molar-refractivity contribution in [2.75, 3.05) is 13.1 Å². The van der Waals surface area contributed by atoms with Crippen LogP contribution in [-0.4, -0.2) is 45.3 Å². The van der Waals surface area contributed by atoms with E-state index in [1.165, 1.54) is 0 Å². The number of aromatic nitrogens is 2. The molecule has 2 fully saturated rings. The highest BCUT2D eigenvalue weighted by atomic mass is 35.5. The quantitative estimate of drug-likeness (QED) is 0.742. The van der Waals surface area contributed by atoms with E-state index in [2.05, 4.69) is 9.97 Å². The number of carbonyl (C=O) groups excluding carboxylic acids is 1. The Morgan fingerprint density at radius 2 is 2.00 bits per heavy atom. The molecule has 22 heavy (non-hydrogen) atoms. The average Bonchev–Trinajstić information content (AvgIpc) is 3.11. The molecule has 0 bridgehead atoms. The van der Waals surface area contributed by atoms with Crippen molar-refractivity contribution in [3.05, 3.63) is 23.2 Å². The second-order valence-corrected chi connectivity index (χ2v) is 7.12. The topological polar surface area (TPSA) is 67.8 Å². The van der Waals surface area contributed by atoms with Gasteiger partial charge in [0, 0.05) is 25.5 Å². The maximum absolute atomic E-state index is 12.1. The van der Waals surface area contributed by atoms with Gasteiger partial charge in [-0.1, -0.05) is 11.6 Å². The summed E-state index contributed by atoms with van der Waals surface area (Å²) >= 11 is 6.08. The van der Waals surface area contributed by atoms with Crippen LogP contribution in [0, 0.1) is 0 Å². The minimum absolute atomic E-state index is 0.116. The van der Waals surface area contributed by atoms with E-state index in [1.54, 1.807) is 17.3 Å². The summed E-state index contributed by atoms with van der Waals surface area (Å²) in [5.41, 5.74) is -0.0363. The Kier molecular flexibility index (Phi) is 3.77. The second kappa shape index (κ2) is 5.35. The molecule has 120 valence electrons. The van der Waals surface area contributed by atoms with Crippen LogP contribution < -0.4 is 0 Å². The fraction of sp³-hybridized carbons (Fsp3) is 0.667. The van der Waals surface area contributed by atoms with E-state index in [4.69, 9.17) is 21.1 Å². The van der Waals surface area contributed by atoms with Gasteiger partial charge in [0.05, 0.1) is 0 Å². The van der Waals surface area contributed by atoms with E-state index in [-0.39, 0.29) is 17.8 Å². The molecule has 0 radical (unpaired) electrons. The third-order valence-corrected chi connectivity index (χ3v) is 4.25. The molecule has 0 saturated carbocycles. The van der Waals surface area contributed by atoms with Gasteiger partial charge in [0.25, 0.3) is 0 Å². The zero-order valence-corrected chi connectivity index (χ0v) is 13.8. The first-order valence-corrected chi connectivity index (χ1v) is 7.81. The summed E-state index contributed by atoms with van der Waals surface area (Å²) in [6.45, 7) is 6.83. The van der Waals surface area contributed by atoms with Crippen LogP contribution in [0.5, 0.6) is 0 Å². The summed E-state index contributed by atoms with van der Waals surface area (Å²) in [6.07, 6.45) is 4.30.